The molecule has 1 amide bonds. The number of nitrogens with zero attached hydrogens (tertiary/aromatic N) is 2. The van der Waals surface area contributed by atoms with Gasteiger partial charge in [0.05, 0.1) is 6.54 Å². The fourth-order valence-electron chi connectivity index (χ4n) is 3.17. The van der Waals surface area contributed by atoms with Crippen LogP contribution in [0.25, 0.3) is 0 Å². The molecule has 0 aliphatic heterocycles. The van der Waals surface area contributed by atoms with Crippen LogP contribution in [0.3, 0.4) is 0 Å². The van der Waals surface area contributed by atoms with Gasteiger partial charge >= 0.3 is 0 Å². The molecule has 5 nitrogen and oxygen atoms in total. The zero-order valence-electron chi connectivity index (χ0n) is 17.9. The normalized spacial score (nSPS) is 11.4. The van der Waals surface area contributed by atoms with Gasteiger partial charge in [-0.05, 0) is 67.3 Å². The first-order valence-corrected chi connectivity index (χ1v) is 10.1. The Labute approximate surface area is 178 Å². The number of aryl methyl sites for hydroxylation is 2. The SMILES string of the molecule is Cc1cc(C)cc(C(=O)NC(=NCc2ccncc2)Nc2cccc(C(C)C)c2)c1. The summed E-state index contributed by atoms with van der Waals surface area (Å²) in [6, 6.07) is 17.8. The number of guanidine groups is 1. The molecular formula is C25H28N4O. The number of rotatable bonds is 5. The molecule has 1 aromatic heterocycles. The van der Waals surface area contributed by atoms with Gasteiger partial charge in [-0.25, -0.2) is 4.99 Å². The summed E-state index contributed by atoms with van der Waals surface area (Å²) in [4.78, 5) is 21.6. The molecular weight excluding hydrogens is 372 g/mol. The Balaban J connectivity index is 1.85. The van der Waals surface area contributed by atoms with E-state index in [9.17, 15) is 4.79 Å². The minimum atomic E-state index is -0.192. The Morgan fingerprint density at radius 1 is 1.00 bits per heavy atom. The van der Waals surface area contributed by atoms with Crippen molar-refractivity contribution in [2.24, 2.45) is 4.99 Å². The standard InChI is InChI=1S/C25H28N4O/c1-17(2)21-6-5-7-23(15-21)28-25(27-16-20-8-10-26-11-9-20)29-24(30)22-13-18(3)12-19(4)14-22/h5-15,17H,16H2,1-4H3,(H2,27,28,29,30). The molecule has 0 unspecified atom stereocenters. The van der Waals surface area contributed by atoms with Gasteiger partial charge in [-0.15, -0.1) is 0 Å². The smallest absolute Gasteiger partial charge is 0.257 e. The number of nitrogens with one attached hydrogen (secondary N) is 2. The third kappa shape index (κ3) is 6.01. The van der Waals surface area contributed by atoms with Crippen LogP contribution >= 0.6 is 0 Å². The van der Waals surface area contributed by atoms with Gasteiger partial charge < -0.3 is 5.32 Å². The number of hydrogen-bond acceptors (Lipinski definition) is 3. The van der Waals surface area contributed by atoms with E-state index >= 15 is 0 Å². The molecule has 0 saturated heterocycles. The molecule has 0 aliphatic rings. The van der Waals surface area contributed by atoms with E-state index in [0.717, 1.165) is 22.4 Å². The lowest BCUT2D eigenvalue weighted by Crippen LogP contribution is -2.36. The van der Waals surface area contributed by atoms with Crippen LogP contribution in [0.4, 0.5) is 5.69 Å². The Morgan fingerprint density at radius 3 is 2.37 bits per heavy atom. The number of pyridine rings is 1. The van der Waals surface area contributed by atoms with Gasteiger partial charge in [-0.1, -0.05) is 43.2 Å². The van der Waals surface area contributed by atoms with Crippen molar-refractivity contribution >= 4 is 17.6 Å². The maximum atomic E-state index is 12.9. The molecule has 5 heteroatoms. The van der Waals surface area contributed by atoms with Crippen LogP contribution in [-0.4, -0.2) is 16.9 Å². The number of aliphatic imine (C=N–C) groups is 1. The van der Waals surface area contributed by atoms with E-state index < -0.39 is 0 Å². The summed E-state index contributed by atoms with van der Waals surface area (Å²) in [5, 5.41) is 6.22. The first-order chi connectivity index (χ1) is 14.4. The van der Waals surface area contributed by atoms with E-state index in [0.29, 0.717) is 24.0 Å². The van der Waals surface area contributed by atoms with E-state index in [1.165, 1.54) is 5.56 Å². The van der Waals surface area contributed by atoms with E-state index in [-0.39, 0.29) is 5.91 Å². The highest BCUT2D eigenvalue weighted by Gasteiger charge is 2.11. The van der Waals surface area contributed by atoms with E-state index in [1.54, 1.807) is 12.4 Å². The Hall–Kier alpha value is -3.47. The van der Waals surface area contributed by atoms with Crippen molar-refractivity contribution in [3.63, 3.8) is 0 Å². The lowest BCUT2D eigenvalue weighted by atomic mass is 10.0. The second-order valence-electron chi connectivity index (χ2n) is 7.76. The lowest BCUT2D eigenvalue weighted by Gasteiger charge is -2.14. The number of aromatic nitrogens is 1. The Morgan fingerprint density at radius 2 is 1.70 bits per heavy atom. The summed E-state index contributed by atoms with van der Waals surface area (Å²) < 4.78 is 0. The molecule has 1 heterocycles. The van der Waals surface area contributed by atoms with Gasteiger partial charge in [0.15, 0.2) is 0 Å². The van der Waals surface area contributed by atoms with Crippen LogP contribution in [0.5, 0.6) is 0 Å². The Bertz CT molecular complexity index is 1020. The highest BCUT2D eigenvalue weighted by atomic mass is 16.1. The van der Waals surface area contributed by atoms with Crippen LogP contribution < -0.4 is 10.6 Å². The van der Waals surface area contributed by atoms with Crippen LogP contribution in [0.15, 0.2) is 72.0 Å². The largest absolute Gasteiger partial charge is 0.326 e. The van der Waals surface area contributed by atoms with Crippen LogP contribution in [-0.2, 0) is 6.54 Å². The lowest BCUT2D eigenvalue weighted by molar-refractivity contribution is 0.0976. The number of benzene rings is 2. The van der Waals surface area contributed by atoms with Crippen LogP contribution in [0.1, 0.15) is 52.4 Å². The molecule has 0 bridgehead atoms. The average molecular weight is 401 g/mol. The summed E-state index contributed by atoms with van der Waals surface area (Å²) in [6.45, 7) is 8.70. The number of amides is 1. The molecule has 2 N–H and O–H groups in total. The number of carbonyl (C=O) groups excluding carboxylic acids is 1. The topological polar surface area (TPSA) is 66.4 Å². The number of hydrogen-bond donors (Lipinski definition) is 2. The minimum Gasteiger partial charge on any atom is -0.326 e. The molecule has 0 saturated carbocycles. The predicted octanol–water partition coefficient (Wildman–Crippen LogP) is 5.22. The molecule has 3 aromatic rings. The van der Waals surface area contributed by atoms with Gasteiger partial charge in [0, 0.05) is 23.6 Å². The highest BCUT2D eigenvalue weighted by molar-refractivity contribution is 6.10. The molecule has 0 fully saturated rings. The third-order valence-electron chi connectivity index (χ3n) is 4.70. The van der Waals surface area contributed by atoms with Gasteiger partial charge in [0.1, 0.15) is 0 Å². The zero-order chi connectivity index (χ0) is 21.5. The molecule has 2 aromatic carbocycles. The molecule has 154 valence electrons. The molecule has 3 rings (SSSR count). The number of carbonyl (C=O) groups is 1. The highest BCUT2D eigenvalue weighted by Crippen LogP contribution is 2.18. The van der Waals surface area contributed by atoms with E-state index in [2.05, 4.69) is 46.6 Å². The van der Waals surface area contributed by atoms with Crippen molar-refractivity contribution in [3.05, 3.63) is 94.8 Å². The second-order valence-corrected chi connectivity index (χ2v) is 7.76. The van der Waals surface area contributed by atoms with Gasteiger partial charge in [0.2, 0.25) is 5.96 Å². The fourth-order valence-corrected chi connectivity index (χ4v) is 3.17. The monoisotopic (exact) mass is 400 g/mol. The molecule has 0 aliphatic carbocycles. The summed E-state index contributed by atoms with van der Waals surface area (Å²) in [6.07, 6.45) is 3.47. The quantitative estimate of drug-likeness (QED) is 0.456. The van der Waals surface area contributed by atoms with Crippen molar-refractivity contribution in [1.82, 2.24) is 10.3 Å². The van der Waals surface area contributed by atoms with Gasteiger partial charge in [0.25, 0.3) is 5.91 Å². The second kappa shape index (κ2) is 9.83. The van der Waals surface area contributed by atoms with Crippen LogP contribution in [0.2, 0.25) is 0 Å². The van der Waals surface area contributed by atoms with Gasteiger partial charge in [-0.2, -0.15) is 0 Å². The maximum absolute atomic E-state index is 12.9. The van der Waals surface area contributed by atoms with Crippen molar-refractivity contribution in [3.8, 4) is 0 Å². The third-order valence-corrected chi connectivity index (χ3v) is 4.70. The first kappa shape index (κ1) is 21.2. The van der Waals surface area contributed by atoms with Crippen molar-refractivity contribution in [2.45, 2.75) is 40.2 Å². The first-order valence-electron chi connectivity index (χ1n) is 10.1. The summed E-state index contributed by atoms with van der Waals surface area (Å²) >= 11 is 0. The fraction of sp³-hybridized carbons (Fsp3) is 0.240. The minimum absolute atomic E-state index is 0.192. The molecule has 0 radical (unpaired) electrons. The maximum Gasteiger partial charge on any atom is 0.257 e. The van der Waals surface area contributed by atoms with Crippen molar-refractivity contribution in [2.75, 3.05) is 5.32 Å². The molecule has 30 heavy (non-hydrogen) atoms. The van der Waals surface area contributed by atoms with Crippen molar-refractivity contribution < 1.29 is 4.79 Å². The van der Waals surface area contributed by atoms with E-state index in [1.807, 2.05) is 56.3 Å². The summed E-state index contributed by atoms with van der Waals surface area (Å²) in [5.41, 5.74) is 5.83. The average Bonchev–Trinajstić information content (AvgIpc) is 2.72. The Kier molecular flexibility index (Phi) is 6.96. The van der Waals surface area contributed by atoms with Crippen molar-refractivity contribution in [1.29, 1.82) is 0 Å². The summed E-state index contributed by atoms with van der Waals surface area (Å²) in [5.74, 6) is 0.633. The number of anilines is 1. The van der Waals surface area contributed by atoms with Gasteiger partial charge in [-0.3, -0.25) is 15.1 Å². The predicted molar refractivity (Wildman–Crippen MR) is 123 cm³/mol. The molecule has 0 spiro atoms. The van der Waals surface area contributed by atoms with E-state index in [4.69, 9.17) is 0 Å². The zero-order valence-corrected chi connectivity index (χ0v) is 17.9. The summed E-state index contributed by atoms with van der Waals surface area (Å²) in [7, 11) is 0. The van der Waals surface area contributed by atoms with Crippen LogP contribution in [0, 0.1) is 13.8 Å². The molecule has 0 atom stereocenters.